The van der Waals surface area contributed by atoms with Crippen LogP contribution in [0.4, 0.5) is 23.8 Å². The van der Waals surface area contributed by atoms with Gasteiger partial charge in [-0.05, 0) is 51.8 Å². The second kappa shape index (κ2) is 10.5. The Bertz CT molecular complexity index is 1250. The van der Waals surface area contributed by atoms with Crippen LogP contribution in [0.25, 0.3) is 22.5 Å². The molecule has 1 fully saturated rings. The summed E-state index contributed by atoms with van der Waals surface area (Å²) < 4.78 is 44.5. The number of pyridine rings is 1. The second-order valence-electron chi connectivity index (χ2n) is 9.76. The highest BCUT2D eigenvalue weighted by atomic mass is 35.5. The number of alkyl carbamates (subject to hydrolysis) is 1. The summed E-state index contributed by atoms with van der Waals surface area (Å²) in [5.41, 5.74) is 0.593. The number of rotatable bonds is 4. The first kappa shape index (κ1) is 26.7. The van der Waals surface area contributed by atoms with E-state index in [1.807, 2.05) is 20.8 Å². The van der Waals surface area contributed by atoms with Gasteiger partial charge in [0.15, 0.2) is 0 Å². The van der Waals surface area contributed by atoms with E-state index in [9.17, 15) is 18.0 Å². The van der Waals surface area contributed by atoms with Gasteiger partial charge in [-0.3, -0.25) is 9.97 Å². The van der Waals surface area contributed by atoms with E-state index in [1.165, 1.54) is 18.3 Å². The highest BCUT2D eigenvalue weighted by molar-refractivity contribution is 6.33. The molecule has 196 valence electrons. The minimum absolute atomic E-state index is 0.0282. The van der Waals surface area contributed by atoms with Crippen molar-refractivity contribution in [1.82, 2.24) is 20.3 Å². The molecule has 0 aliphatic carbocycles. The average molecular weight is 534 g/mol. The van der Waals surface area contributed by atoms with Crippen LogP contribution in [-0.2, 0) is 10.9 Å². The van der Waals surface area contributed by atoms with Crippen molar-refractivity contribution >= 4 is 23.5 Å². The summed E-state index contributed by atoms with van der Waals surface area (Å²) in [6.45, 7) is 6.69. The Morgan fingerprint density at radius 2 is 1.73 bits per heavy atom. The van der Waals surface area contributed by atoms with Crippen LogP contribution >= 0.6 is 11.6 Å². The fraction of sp³-hybridized carbons (Fsp3) is 0.385. The topological polar surface area (TPSA) is 80.2 Å². The first-order valence-corrected chi connectivity index (χ1v) is 12.2. The van der Waals surface area contributed by atoms with Gasteiger partial charge in [0, 0.05) is 42.7 Å². The number of anilines is 1. The number of ether oxygens (including phenoxy) is 1. The van der Waals surface area contributed by atoms with Crippen molar-refractivity contribution in [3.05, 3.63) is 59.5 Å². The van der Waals surface area contributed by atoms with E-state index in [1.54, 1.807) is 18.5 Å². The number of carbonyl (C=O) groups is 1. The van der Waals surface area contributed by atoms with Crippen LogP contribution in [0.15, 0.2) is 48.9 Å². The predicted octanol–water partition coefficient (Wildman–Crippen LogP) is 6.37. The Labute approximate surface area is 218 Å². The zero-order valence-corrected chi connectivity index (χ0v) is 21.4. The number of piperidine rings is 1. The predicted molar refractivity (Wildman–Crippen MR) is 135 cm³/mol. The normalized spacial score (nSPS) is 14.9. The minimum atomic E-state index is -4.43. The molecule has 0 atom stereocenters. The summed E-state index contributed by atoms with van der Waals surface area (Å²) in [6.07, 6.45) is 1.15. The molecule has 0 unspecified atom stereocenters. The minimum Gasteiger partial charge on any atom is -0.444 e. The quantitative estimate of drug-likeness (QED) is 0.419. The van der Waals surface area contributed by atoms with E-state index in [-0.39, 0.29) is 6.04 Å². The number of amides is 1. The van der Waals surface area contributed by atoms with Gasteiger partial charge in [-0.25, -0.2) is 9.78 Å². The first-order valence-electron chi connectivity index (χ1n) is 11.8. The van der Waals surface area contributed by atoms with Crippen molar-refractivity contribution in [1.29, 1.82) is 0 Å². The summed E-state index contributed by atoms with van der Waals surface area (Å²) in [5, 5.41) is 3.26. The van der Waals surface area contributed by atoms with E-state index in [2.05, 4.69) is 20.2 Å². The molecule has 1 aliphatic heterocycles. The highest BCUT2D eigenvalue weighted by Crippen LogP contribution is 2.36. The standard InChI is InChI=1S/C26H27ClF3N5O2/c1-25(2,3)37-24(36)33-18-9-12-35(13-10-18)21-15-32-22(16-4-6-17(7-5-16)26(28,29)30)23(34-21)19-8-11-31-14-20(19)27/h4-8,11,14-15,18H,9-10,12-13H2,1-3H3,(H,33,36). The molecule has 3 aromatic rings. The van der Waals surface area contributed by atoms with Crippen molar-refractivity contribution in [2.75, 3.05) is 18.0 Å². The van der Waals surface area contributed by atoms with E-state index in [0.29, 0.717) is 59.3 Å². The molecule has 2 aromatic heterocycles. The number of benzene rings is 1. The molecule has 4 rings (SSSR count). The van der Waals surface area contributed by atoms with Gasteiger partial charge in [0.1, 0.15) is 17.1 Å². The molecule has 3 heterocycles. The fourth-order valence-corrected chi connectivity index (χ4v) is 4.25. The Kier molecular flexibility index (Phi) is 7.59. The number of nitrogens with one attached hydrogen (secondary N) is 1. The van der Waals surface area contributed by atoms with Crippen molar-refractivity contribution in [2.45, 2.75) is 51.4 Å². The third kappa shape index (κ3) is 6.68. The van der Waals surface area contributed by atoms with Gasteiger partial charge in [-0.1, -0.05) is 23.7 Å². The SMILES string of the molecule is CC(C)(C)OC(=O)NC1CCN(c2cnc(-c3ccc(C(F)(F)F)cc3)c(-c3ccncc3Cl)n2)CC1. The molecule has 0 spiro atoms. The summed E-state index contributed by atoms with van der Waals surface area (Å²) in [7, 11) is 0. The molecule has 0 radical (unpaired) electrons. The van der Waals surface area contributed by atoms with Gasteiger partial charge in [0.05, 0.1) is 22.5 Å². The van der Waals surface area contributed by atoms with Crippen LogP contribution in [0, 0.1) is 0 Å². The molecule has 1 aliphatic rings. The Hall–Kier alpha value is -3.40. The number of alkyl halides is 3. The molecule has 37 heavy (non-hydrogen) atoms. The first-order chi connectivity index (χ1) is 17.4. The zero-order valence-electron chi connectivity index (χ0n) is 20.6. The van der Waals surface area contributed by atoms with Gasteiger partial charge < -0.3 is 15.0 Å². The molecular formula is C26H27ClF3N5O2. The summed E-state index contributed by atoms with van der Waals surface area (Å²) >= 11 is 6.41. The van der Waals surface area contributed by atoms with Gasteiger partial charge in [0.25, 0.3) is 0 Å². The van der Waals surface area contributed by atoms with Crippen molar-refractivity contribution in [3.8, 4) is 22.5 Å². The maximum atomic E-state index is 13.1. The third-order valence-electron chi connectivity index (χ3n) is 5.81. The average Bonchev–Trinajstić information content (AvgIpc) is 2.83. The molecule has 1 amide bonds. The Morgan fingerprint density at radius 1 is 1.05 bits per heavy atom. The lowest BCUT2D eigenvalue weighted by Gasteiger charge is -2.33. The van der Waals surface area contributed by atoms with Crippen molar-refractivity contribution in [2.24, 2.45) is 0 Å². The van der Waals surface area contributed by atoms with Gasteiger partial charge in [-0.15, -0.1) is 0 Å². The van der Waals surface area contributed by atoms with Crippen LogP contribution < -0.4 is 10.2 Å². The van der Waals surface area contributed by atoms with E-state index < -0.39 is 23.4 Å². The highest BCUT2D eigenvalue weighted by Gasteiger charge is 2.30. The molecule has 1 N–H and O–H groups in total. The Balaban J connectivity index is 1.58. The molecule has 1 saturated heterocycles. The molecular weight excluding hydrogens is 507 g/mol. The number of aromatic nitrogens is 3. The van der Waals surface area contributed by atoms with Gasteiger partial charge in [0.2, 0.25) is 0 Å². The van der Waals surface area contributed by atoms with Crippen LogP contribution in [-0.4, -0.2) is 45.8 Å². The number of nitrogens with zero attached hydrogens (tertiary/aromatic N) is 4. The van der Waals surface area contributed by atoms with Crippen LogP contribution in [0.2, 0.25) is 5.02 Å². The maximum absolute atomic E-state index is 13.1. The molecule has 0 bridgehead atoms. The zero-order chi connectivity index (χ0) is 26.8. The monoisotopic (exact) mass is 533 g/mol. The van der Waals surface area contributed by atoms with Crippen LogP contribution in [0.5, 0.6) is 0 Å². The van der Waals surface area contributed by atoms with Gasteiger partial charge >= 0.3 is 12.3 Å². The largest absolute Gasteiger partial charge is 0.444 e. The van der Waals surface area contributed by atoms with Crippen molar-refractivity contribution in [3.63, 3.8) is 0 Å². The summed E-state index contributed by atoms with van der Waals surface area (Å²) in [5.74, 6) is 0.606. The lowest BCUT2D eigenvalue weighted by atomic mass is 10.0. The van der Waals surface area contributed by atoms with E-state index >= 15 is 0 Å². The van der Waals surface area contributed by atoms with Gasteiger partial charge in [-0.2, -0.15) is 13.2 Å². The van der Waals surface area contributed by atoms with E-state index in [0.717, 1.165) is 12.1 Å². The molecule has 1 aromatic carbocycles. The molecule has 7 nitrogen and oxygen atoms in total. The number of carbonyl (C=O) groups excluding carboxylic acids is 1. The second-order valence-corrected chi connectivity index (χ2v) is 10.2. The smallest absolute Gasteiger partial charge is 0.416 e. The van der Waals surface area contributed by atoms with Crippen molar-refractivity contribution < 1.29 is 22.7 Å². The number of hydrogen-bond acceptors (Lipinski definition) is 6. The third-order valence-corrected chi connectivity index (χ3v) is 6.11. The maximum Gasteiger partial charge on any atom is 0.416 e. The lowest BCUT2D eigenvalue weighted by Crippen LogP contribution is -2.46. The number of hydrogen-bond donors (Lipinski definition) is 1. The fourth-order valence-electron chi connectivity index (χ4n) is 4.04. The molecule has 11 heteroatoms. The van der Waals surface area contributed by atoms with Crippen LogP contribution in [0.1, 0.15) is 39.2 Å². The summed E-state index contributed by atoms with van der Waals surface area (Å²) in [6, 6.07) is 6.45. The van der Waals surface area contributed by atoms with Crippen LogP contribution in [0.3, 0.4) is 0 Å². The molecule has 0 saturated carbocycles. The van der Waals surface area contributed by atoms with E-state index in [4.69, 9.17) is 21.3 Å². The lowest BCUT2D eigenvalue weighted by molar-refractivity contribution is -0.137. The summed E-state index contributed by atoms with van der Waals surface area (Å²) in [4.78, 5) is 27.6. The Morgan fingerprint density at radius 3 is 2.32 bits per heavy atom. The number of halogens is 4.